The van der Waals surface area contributed by atoms with Gasteiger partial charge in [0.05, 0.1) is 6.61 Å². The van der Waals surface area contributed by atoms with E-state index in [0.29, 0.717) is 6.61 Å². The summed E-state index contributed by atoms with van der Waals surface area (Å²) in [7, 11) is 0. The van der Waals surface area contributed by atoms with E-state index in [1.54, 1.807) is 6.92 Å². The highest BCUT2D eigenvalue weighted by molar-refractivity contribution is 14.1. The summed E-state index contributed by atoms with van der Waals surface area (Å²) >= 11 is 2.23. The topological polar surface area (TPSA) is 26.3 Å². The molecule has 0 aliphatic carbocycles. The van der Waals surface area contributed by atoms with E-state index in [2.05, 4.69) is 22.6 Å². The smallest absolute Gasteiger partial charge is 0.330 e. The molecule has 0 atom stereocenters. The molecule has 2 nitrogen and oxygen atoms in total. The Labute approximate surface area is 98.9 Å². The molecule has 0 spiro atoms. The Bertz CT molecular complexity index is 271. The van der Waals surface area contributed by atoms with E-state index in [9.17, 15) is 4.79 Å². The molecule has 0 radical (unpaired) electrons. The van der Waals surface area contributed by atoms with Crippen LogP contribution in [0, 0.1) is 0 Å². The molecule has 0 aromatic rings. The maximum absolute atomic E-state index is 11.0. The molecule has 14 heavy (non-hydrogen) atoms. The molecule has 78 valence electrons. The molecule has 0 bridgehead atoms. The first-order valence-electron chi connectivity index (χ1n) is 4.41. The highest BCUT2D eigenvalue weighted by Gasteiger charge is 1.94. The van der Waals surface area contributed by atoms with E-state index >= 15 is 0 Å². The van der Waals surface area contributed by atoms with Gasteiger partial charge in [-0.05, 0) is 52.5 Å². The minimum atomic E-state index is -0.287. The summed E-state index contributed by atoms with van der Waals surface area (Å²) in [4.78, 5) is 11.0. The number of carbonyl (C=O) groups excluding carboxylic acids is 1. The predicted molar refractivity (Wildman–Crippen MR) is 67.3 cm³/mol. The van der Waals surface area contributed by atoms with E-state index in [0.717, 1.165) is 5.57 Å². The Hall–Kier alpha value is -0.580. The molecule has 3 heteroatoms. The lowest BCUT2D eigenvalue weighted by Crippen LogP contribution is -1.99. The summed E-state index contributed by atoms with van der Waals surface area (Å²) in [6.45, 7) is 6.08. The minimum absolute atomic E-state index is 0.287. The first kappa shape index (κ1) is 13.4. The fraction of sp³-hybridized carbons (Fsp3) is 0.364. The molecule has 0 saturated heterocycles. The van der Waals surface area contributed by atoms with Gasteiger partial charge in [-0.2, -0.15) is 0 Å². The van der Waals surface area contributed by atoms with Crippen molar-refractivity contribution in [1.82, 2.24) is 0 Å². The number of esters is 1. The van der Waals surface area contributed by atoms with Gasteiger partial charge in [-0.1, -0.05) is 18.2 Å². The van der Waals surface area contributed by atoms with Crippen molar-refractivity contribution in [3.05, 3.63) is 33.5 Å². The van der Waals surface area contributed by atoms with Gasteiger partial charge in [0.25, 0.3) is 0 Å². The molecule has 0 aliphatic rings. The van der Waals surface area contributed by atoms with Crippen LogP contribution in [0.5, 0.6) is 0 Å². The number of allylic oxidation sites excluding steroid dienone is 5. The molecule has 0 rings (SSSR count). The Morgan fingerprint density at radius 1 is 1.43 bits per heavy atom. The Morgan fingerprint density at radius 3 is 2.57 bits per heavy atom. The second-order valence-corrected chi connectivity index (χ2v) is 4.45. The number of rotatable bonds is 4. The molecule has 0 heterocycles. The van der Waals surface area contributed by atoms with E-state index < -0.39 is 0 Å². The van der Waals surface area contributed by atoms with E-state index in [-0.39, 0.29) is 5.97 Å². The molecular formula is C11H15IO2. The summed E-state index contributed by atoms with van der Waals surface area (Å²) in [6.07, 6.45) is 7.24. The van der Waals surface area contributed by atoms with Gasteiger partial charge in [0.15, 0.2) is 0 Å². The third kappa shape index (κ3) is 8.04. The van der Waals surface area contributed by atoms with Crippen LogP contribution in [0.3, 0.4) is 0 Å². The van der Waals surface area contributed by atoms with Gasteiger partial charge in [-0.15, -0.1) is 0 Å². The zero-order valence-corrected chi connectivity index (χ0v) is 10.9. The minimum Gasteiger partial charge on any atom is -0.463 e. The van der Waals surface area contributed by atoms with Crippen LogP contribution >= 0.6 is 22.6 Å². The number of hydrogen-bond acceptors (Lipinski definition) is 2. The molecule has 0 saturated carbocycles. The van der Waals surface area contributed by atoms with Crippen LogP contribution in [-0.2, 0) is 9.53 Å². The third-order valence-corrected chi connectivity index (χ3v) is 1.68. The van der Waals surface area contributed by atoms with Crippen LogP contribution in [-0.4, -0.2) is 12.6 Å². The van der Waals surface area contributed by atoms with Crippen molar-refractivity contribution in [2.45, 2.75) is 20.8 Å². The van der Waals surface area contributed by atoms with Crippen molar-refractivity contribution in [3.63, 3.8) is 0 Å². The lowest BCUT2D eigenvalue weighted by atomic mass is 10.2. The standard InChI is InChI=1S/C11H15IO2/c1-4-14-11(13)8-9(2)6-5-7-10(3)12/h5-8H,4H2,1-3H3/b6-5+,9-8+,10-7+. The average Bonchev–Trinajstić information content (AvgIpc) is 2.03. The maximum atomic E-state index is 11.0. The predicted octanol–water partition coefficient (Wildman–Crippen LogP) is 3.39. The highest BCUT2D eigenvalue weighted by atomic mass is 127. The van der Waals surface area contributed by atoms with Crippen LogP contribution in [0.2, 0.25) is 0 Å². The fourth-order valence-corrected chi connectivity index (χ4v) is 0.958. The van der Waals surface area contributed by atoms with Gasteiger partial charge < -0.3 is 4.74 Å². The zero-order chi connectivity index (χ0) is 11.0. The second-order valence-electron chi connectivity index (χ2n) is 2.75. The van der Waals surface area contributed by atoms with Gasteiger partial charge in [-0.3, -0.25) is 0 Å². The molecule has 0 aliphatic heterocycles. The van der Waals surface area contributed by atoms with Gasteiger partial charge in [0.1, 0.15) is 0 Å². The van der Waals surface area contributed by atoms with Gasteiger partial charge in [0, 0.05) is 6.08 Å². The first-order valence-corrected chi connectivity index (χ1v) is 5.49. The van der Waals surface area contributed by atoms with Crippen molar-refractivity contribution in [2.24, 2.45) is 0 Å². The SMILES string of the molecule is CCOC(=O)/C=C(C)/C=C/C=C(\C)I. The van der Waals surface area contributed by atoms with E-state index in [4.69, 9.17) is 4.74 Å². The Balaban J connectivity index is 4.19. The quantitative estimate of drug-likeness (QED) is 0.344. The average molecular weight is 306 g/mol. The molecule has 0 unspecified atom stereocenters. The summed E-state index contributed by atoms with van der Waals surface area (Å²) < 4.78 is 5.97. The van der Waals surface area contributed by atoms with Crippen LogP contribution in [0.4, 0.5) is 0 Å². The molecule has 0 aromatic heterocycles. The van der Waals surface area contributed by atoms with Crippen molar-refractivity contribution >= 4 is 28.6 Å². The van der Waals surface area contributed by atoms with E-state index in [1.165, 1.54) is 9.66 Å². The molecule has 0 amide bonds. The van der Waals surface area contributed by atoms with E-state index in [1.807, 2.05) is 32.1 Å². The fourth-order valence-electron chi connectivity index (χ4n) is 0.750. The van der Waals surface area contributed by atoms with Crippen molar-refractivity contribution in [2.75, 3.05) is 6.61 Å². The van der Waals surface area contributed by atoms with Crippen LogP contribution in [0.15, 0.2) is 33.5 Å². The number of halogens is 1. The first-order chi connectivity index (χ1) is 6.56. The third-order valence-electron chi connectivity index (χ3n) is 1.32. The maximum Gasteiger partial charge on any atom is 0.330 e. The van der Waals surface area contributed by atoms with Crippen LogP contribution in [0.25, 0.3) is 0 Å². The van der Waals surface area contributed by atoms with Gasteiger partial charge in [-0.25, -0.2) is 4.79 Å². The number of hydrogen-bond donors (Lipinski definition) is 0. The molecule has 0 N–H and O–H groups in total. The van der Waals surface area contributed by atoms with Gasteiger partial charge >= 0.3 is 5.97 Å². The van der Waals surface area contributed by atoms with Crippen molar-refractivity contribution in [3.8, 4) is 0 Å². The molecule has 0 aromatic carbocycles. The largest absolute Gasteiger partial charge is 0.463 e. The normalized spacial score (nSPS) is 13.4. The lowest BCUT2D eigenvalue weighted by molar-refractivity contribution is -0.137. The van der Waals surface area contributed by atoms with Crippen LogP contribution < -0.4 is 0 Å². The Kier molecular flexibility index (Phi) is 7.47. The van der Waals surface area contributed by atoms with Crippen molar-refractivity contribution < 1.29 is 9.53 Å². The van der Waals surface area contributed by atoms with Gasteiger partial charge in [0.2, 0.25) is 0 Å². The molecule has 0 fully saturated rings. The van der Waals surface area contributed by atoms with Crippen LogP contribution in [0.1, 0.15) is 20.8 Å². The summed E-state index contributed by atoms with van der Waals surface area (Å²) in [5.74, 6) is -0.287. The van der Waals surface area contributed by atoms with Crippen molar-refractivity contribution in [1.29, 1.82) is 0 Å². The zero-order valence-electron chi connectivity index (χ0n) is 8.71. The lowest BCUT2D eigenvalue weighted by Gasteiger charge is -1.95. The Morgan fingerprint density at radius 2 is 2.07 bits per heavy atom. The number of ether oxygens (including phenoxy) is 1. The summed E-state index contributed by atoms with van der Waals surface area (Å²) in [5, 5.41) is 0. The monoisotopic (exact) mass is 306 g/mol. The second kappa shape index (κ2) is 7.79. The molecular weight excluding hydrogens is 291 g/mol. The summed E-state index contributed by atoms with van der Waals surface area (Å²) in [5.41, 5.74) is 0.886. The number of carbonyl (C=O) groups is 1. The highest BCUT2D eigenvalue weighted by Crippen LogP contribution is 2.04. The summed E-state index contributed by atoms with van der Waals surface area (Å²) in [6, 6.07) is 0.